The first kappa shape index (κ1) is 19.0. The monoisotopic (exact) mass is 320 g/mol. The van der Waals surface area contributed by atoms with Crippen LogP contribution in [-0.4, -0.2) is 5.78 Å². The van der Waals surface area contributed by atoms with Crippen molar-refractivity contribution in [2.75, 3.05) is 0 Å². The normalized spacial score (nSPS) is 32.2. The molecule has 0 N–H and O–H groups in total. The van der Waals surface area contributed by atoms with Gasteiger partial charge in [0, 0.05) is 12.3 Å². The van der Waals surface area contributed by atoms with Gasteiger partial charge in [-0.3, -0.25) is 4.79 Å². The third kappa shape index (κ3) is 6.24. The maximum Gasteiger partial charge on any atom is 0.136 e. The van der Waals surface area contributed by atoms with Crippen molar-refractivity contribution >= 4 is 5.78 Å². The molecule has 0 saturated heterocycles. The van der Waals surface area contributed by atoms with Crippen molar-refractivity contribution in [3.63, 3.8) is 0 Å². The van der Waals surface area contributed by atoms with Crippen molar-refractivity contribution in [2.45, 2.75) is 110 Å². The van der Waals surface area contributed by atoms with E-state index < -0.39 is 0 Å². The van der Waals surface area contributed by atoms with Crippen LogP contribution in [0.2, 0.25) is 0 Å². The maximum absolute atomic E-state index is 12.5. The molecular formula is C22H40O. The molecule has 0 aromatic carbocycles. The zero-order valence-corrected chi connectivity index (χ0v) is 15.8. The van der Waals surface area contributed by atoms with E-state index in [4.69, 9.17) is 0 Å². The summed E-state index contributed by atoms with van der Waals surface area (Å²) in [6.45, 7) is 4.55. The van der Waals surface area contributed by atoms with Gasteiger partial charge in [0.2, 0.25) is 0 Å². The molecule has 23 heavy (non-hydrogen) atoms. The van der Waals surface area contributed by atoms with Gasteiger partial charge in [0.1, 0.15) is 5.78 Å². The minimum atomic E-state index is 0.420. The molecule has 2 atom stereocenters. The second kappa shape index (κ2) is 10.5. The number of hydrogen-bond donors (Lipinski definition) is 0. The molecule has 1 nitrogen and oxygen atoms in total. The number of rotatable bonds is 9. The van der Waals surface area contributed by atoms with Gasteiger partial charge in [-0.05, 0) is 49.9 Å². The molecule has 2 saturated carbocycles. The van der Waals surface area contributed by atoms with Gasteiger partial charge in [0.25, 0.3) is 0 Å². The highest BCUT2D eigenvalue weighted by Gasteiger charge is 2.34. The lowest BCUT2D eigenvalue weighted by Crippen LogP contribution is -2.31. The molecule has 2 fully saturated rings. The molecule has 2 unspecified atom stereocenters. The number of hydrogen-bond acceptors (Lipinski definition) is 1. The van der Waals surface area contributed by atoms with Crippen LogP contribution in [-0.2, 0) is 4.79 Å². The first-order valence-electron chi connectivity index (χ1n) is 10.8. The van der Waals surface area contributed by atoms with Gasteiger partial charge >= 0.3 is 0 Å². The van der Waals surface area contributed by atoms with Crippen LogP contribution in [0.1, 0.15) is 110 Å². The summed E-state index contributed by atoms with van der Waals surface area (Å²) < 4.78 is 0. The van der Waals surface area contributed by atoms with E-state index in [1.165, 1.54) is 89.9 Å². The quantitative estimate of drug-likeness (QED) is 0.420. The molecule has 0 bridgehead atoms. The Morgan fingerprint density at radius 1 is 0.739 bits per heavy atom. The SMILES string of the molecule is CCCCCC1CCC([C@H]2CC[C@H](CCCCC)CC2)CC1=O. The molecule has 2 aliphatic carbocycles. The van der Waals surface area contributed by atoms with Gasteiger partial charge in [-0.15, -0.1) is 0 Å². The zero-order chi connectivity index (χ0) is 16.5. The fourth-order valence-electron chi connectivity index (χ4n) is 5.08. The Bertz CT molecular complexity index is 327. The van der Waals surface area contributed by atoms with Gasteiger partial charge in [-0.2, -0.15) is 0 Å². The minimum absolute atomic E-state index is 0.420. The molecule has 0 amide bonds. The van der Waals surface area contributed by atoms with Gasteiger partial charge < -0.3 is 0 Å². The van der Waals surface area contributed by atoms with Crippen LogP contribution < -0.4 is 0 Å². The summed E-state index contributed by atoms with van der Waals surface area (Å²) in [7, 11) is 0. The summed E-state index contributed by atoms with van der Waals surface area (Å²) in [5, 5.41) is 0. The highest BCUT2D eigenvalue weighted by atomic mass is 16.1. The standard InChI is InChI=1S/C22H40O/c1-3-5-7-9-18-11-13-19(14-12-18)21-16-15-20(22(23)17-21)10-8-6-4-2/h18-21H,3-17H2,1-2H3/t18-,19-,20?,21?. The number of ketones is 1. The largest absolute Gasteiger partial charge is 0.299 e. The molecule has 0 spiro atoms. The Morgan fingerprint density at radius 2 is 1.35 bits per heavy atom. The fraction of sp³-hybridized carbons (Fsp3) is 0.955. The minimum Gasteiger partial charge on any atom is -0.299 e. The van der Waals surface area contributed by atoms with Crippen LogP contribution >= 0.6 is 0 Å². The molecular weight excluding hydrogens is 280 g/mol. The Kier molecular flexibility index (Phi) is 8.69. The summed E-state index contributed by atoms with van der Waals surface area (Å²) in [6, 6.07) is 0. The summed E-state index contributed by atoms with van der Waals surface area (Å²) in [4.78, 5) is 12.5. The van der Waals surface area contributed by atoms with E-state index in [1.54, 1.807) is 0 Å². The van der Waals surface area contributed by atoms with E-state index in [0.29, 0.717) is 11.7 Å². The number of Topliss-reactive ketones (excluding diaryl/α,β-unsaturated/α-hetero) is 1. The molecule has 0 aromatic rings. The predicted molar refractivity (Wildman–Crippen MR) is 99.6 cm³/mol. The average Bonchev–Trinajstić information content (AvgIpc) is 2.57. The summed E-state index contributed by atoms with van der Waals surface area (Å²) in [5.74, 6) is 3.64. The second-order valence-corrected chi connectivity index (χ2v) is 8.48. The van der Waals surface area contributed by atoms with Crippen molar-refractivity contribution in [3.05, 3.63) is 0 Å². The Balaban J connectivity index is 1.66. The molecule has 2 aliphatic rings. The lowest BCUT2D eigenvalue weighted by atomic mass is 9.68. The number of carbonyl (C=O) groups excluding carboxylic acids is 1. The van der Waals surface area contributed by atoms with Crippen molar-refractivity contribution < 1.29 is 4.79 Å². The maximum atomic E-state index is 12.5. The van der Waals surface area contributed by atoms with Crippen LogP contribution in [0.5, 0.6) is 0 Å². The third-order valence-electron chi connectivity index (χ3n) is 6.73. The van der Waals surface area contributed by atoms with Gasteiger partial charge in [-0.25, -0.2) is 0 Å². The van der Waals surface area contributed by atoms with Crippen molar-refractivity contribution in [2.24, 2.45) is 23.7 Å². The van der Waals surface area contributed by atoms with E-state index >= 15 is 0 Å². The summed E-state index contributed by atoms with van der Waals surface area (Å²) >= 11 is 0. The molecule has 0 radical (unpaired) electrons. The fourth-order valence-corrected chi connectivity index (χ4v) is 5.08. The van der Waals surface area contributed by atoms with Crippen molar-refractivity contribution in [3.8, 4) is 0 Å². The van der Waals surface area contributed by atoms with E-state index in [0.717, 1.165) is 24.2 Å². The highest BCUT2D eigenvalue weighted by molar-refractivity contribution is 5.81. The predicted octanol–water partition coefficient (Wildman–Crippen LogP) is 6.94. The summed E-state index contributed by atoms with van der Waals surface area (Å²) in [6.07, 6.45) is 19.8. The van der Waals surface area contributed by atoms with E-state index in [1.807, 2.05) is 0 Å². The Labute approximate surface area is 145 Å². The molecule has 0 aliphatic heterocycles. The van der Waals surface area contributed by atoms with Crippen molar-refractivity contribution in [1.82, 2.24) is 0 Å². The number of unbranched alkanes of at least 4 members (excludes halogenated alkanes) is 4. The van der Waals surface area contributed by atoms with Crippen LogP contribution in [0.25, 0.3) is 0 Å². The second-order valence-electron chi connectivity index (χ2n) is 8.48. The van der Waals surface area contributed by atoms with Crippen LogP contribution in [0.4, 0.5) is 0 Å². The number of carbonyl (C=O) groups is 1. The molecule has 0 heterocycles. The molecule has 134 valence electrons. The lowest BCUT2D eigenvalue weighted by Gasteiger charge is -2.37. The van der Waals surface area contributed by atoms with Crippen LogP contribution in [0, 0.1) is 23.7 Å². The van der Waals surface area contributed by atoms with Crippen LogP contribution in [0.15, 0.2) is 0 Å². The Morgan fingerprint density at radius 3 is 1.96 bits per heavy atom. The van der Waals surface area contributed by atoms with Gasteiger partial charge in [0.15, 0.2) is 0 Å². The van der Waals surface area contributed by atoms with Crippen LogP contribution in [0.3, 0.4) is 0 Å². The molecule has 0 aromatic heterocycles. The lowest BCUT2D eigenvalue weighted by molar-refractivity contribution is -0.127. The molecule has 2 rings (SSSR count). The third-order valence-corrected chi connectivity index (χ3v) is 6.73. The summed E-state index contributed by atoms with van der Waals surface area (Å²) in [5.41, 5.74) is 0. The highest BCUT2D eigenvalue weighted by Crippen LogP contribution is 2.42. The van der Waals surface area contributed by atoms with E-state index in [9.17, 15) is 4.79 Å². The molecule has 1 heteroatoms. The van der Waals surface area contributed by atoms with E-state index in [-0.39, 0.29) is 0 Å². The average molecular weight is 321 g/mol. The smallest absolute Gasteiger partial charge is 0.136 e. The van der Waals surface area contributed by atoms with E-state index in [2.05, 4.69) is 13.8 Å². The first-order valence-corrected chi connectivity index (χ1v) is 10.8. The zero-order valence-electron chi connectivity index (χ0n) is 15.8. The van der Waals surface area contributed by atoms with Gasteiger partial charge in [0.05, 0.1) is 0 Å². The first-order chi connectivity index (χ1) is 11.2. The van der Waals surface area contributed by atoms with Gasteiger partial charge in [-0.1, -0.05) is 71.6 Å². The Hall–Kier alpha value is -0.330. The van der Waals surface area contributed by atoms with Crippen molar-refractivity contribution in [1.29, 1.82) is 0 Å². The topological polar surface area (TPSA) is 17.1 Å².